The van der Waals surface area contributed by atoms with E-state index in [1.165, 1.54) is 32.9 Å². The molecule has 42 heavy (non-hydrogen) atoms. The average Bonchev–Trinajstić information content (AvgIpc) is 3.19. The van der Waals surface area contributed by atoms with E-state index in [9.17, 15) is 35.2 Å². The number of sulfonamides is 1. The van der Waals surface area contributed by atoms with Gasteiger partial charge in [0.05, 0.1) is 16.0 Å². The van der Waals surface area contributed by atoms with Crippen LogP contribution in [0.1, 0.15) is 80.9 Å². The fourth-order valence-corrected chi connectivity index (χ4v) is 7.23. The van der Waals surface area contributed by atoms with Crippen LogP contribution < -0.4 is 10.0 Å². The minimum atomic E-state index is -5.00. The average molecular weight is 620 g/mol. The predicted molar refractivity (Wildman–Crippen MR) is 148 cm³/mol. The standard InChI is InChI=1S/C29H38F5N3O4S/c1-18-22(26(38)35-21-9-13-41-14-10-21)16-24(37(18)17-19-7-11-28(30,31)12-8-19)20-5-6-25(23(15-20)29(32,33)34)42(39,40)36-27(2,3)4/h5-6,15-16,19,21,36H,7-14,17H2,1-4H3,(H,35,38). The van der Waals surface area contributed by atoms with Gasteiger partial charge in [0.25, 0.3) is 5.91 Å². The van der Waals surface area contributed by atoms with E-state index in [4.69, 9.17) is 4.74 Å². The molecule has 1 saturated carbocycles. The molecule has 0 atom stereocenters. The van der Waals surface area contributed by atoms with Crippen molar-refractivity contribution in [3.05, 3.63) is 41.1 Å². The van der Waals surface area contributed by atoms with Crippen LogP contribution in [0.3, 0.4) is 0 Å². The molecule has 2 heterocycles. The molecular weight excluding hydrogens is 581 g/mol. The quantitative estimate of drug-likeness (QED) is 0.357. The molecule has 1 aliphatic heterocycles. The fraction of sp³-hybridized carbons (Fsp3) is 0.621. The summed E-state index contributed by atoms with van der Waals surface area (Å²) in [6.45, 7) is 7.48. The van der Waals surface area contributed by atoms with E-state index in [0.29, 0.717) is 31.7 Å². The summed E-state index contributed by atoms with van der Waals surface area (Å²) in [4.78, 5) is 12.4. The van der Waals surface area contributed by atoms with Crippen molar-refractivity contribution in [1.82, 2.24) is 14.6 Å². The number of nitrogens with one attached hydrogen (secondary N) is 2. The molecule has 1 amide bonds. The summed E-state index contributed by atoms with van der Waals surface area (Å²) in [7, 11) is -4.53. The van der Waals surface area contributed by atoms with E-state index in [2.05, 4.69) is 10.0 Å². The van der Waals surface area contributed by atoms with Gasteiger partial charge < -0.3 is 14.6 Å². The molecule has 2 aromatic rings. The molecule has 1 saturated heterocycles. The van der Waals surface area contributed by atoms with Crippen molar-refractivity contribution in [1.29, 1.82) is 0 Å². The third-order valence-electron chi connectivity index (χ3n) is 7.76. The Hall–Kier alpha value is -2.51. The van der Waals surface area contributed by atoms with Crippen LogP contribution in [0.15, 0.2) is 29.2 Å². The highest BCUT2D eigenvalue weighted by molar-refractivity contribution is 7.89. The molecule has 0 bridgehead atoms. The van der Waals surface area contributed by atoms with Gasteiger partial charge in [0.2, 0.25) is 15.9 Å². The first-order valence-corrected chi connectivity index (χ1v) is 15.6. The highest BCUT2D eigenvalue weighted by atomic mass is 32.2. The Morgan fingerprint density at radius 3 is 2.24 bits per heavy atom. The second-order valence-electron chi connectivity index (χ2n) is 12.4. The summed E-state index contributed by atoms with van der Waals surface area (Å²) >= 11 is 0. The van der Waals surface area contributed by atoms with Gasteiger partial charge in [-0.1, -0.05) is 6.07 Å². The largest absolute Gasteiger partial charge is 0.417 e. The van der Waals surface area contributed by atoms with Crippen molar-refractivity contribution in [2.75, 3.05) is 13.2 Å². The van der Waals surface area contributed by atoms with Gasteiger partial charge in [-0.05, 0) is 83.1 Å². The van der Waals surface area contributed by atoms with Crippen LogP contribution in [0.2, 0.25) is 0 Å². The summed E-state index contributed by atoms with van der Waals surface area (Å²) in [6, 6.07) is 4.36. The van der Waals surface area contributed by atoms with Gasteiger partial charge in [-0.25, -0.2) is 21.9 Å². The maximum absolute atomic E-state index is 14.3. The molecule has 1 aliphatic carbocycles. The Balaban J connectivity index is 1.78. The van der Waals surface area contributed by atoms with Crippen LogP contribution in [0.25, 0.3) is 11.3 Å². The lowest BCUT2D eigenvalue weighted by molar-refractivity contribution is -0.139. The fourth-order valence-electron chi connectivity index (χ4n) is 5.60. The van der Waals surface area contributed by atoms with Crippen molar-refractivity contribution < 1.29 is 39.9 Å². The van der Waals surface area contributed by atoms with E-state index >= 15 is 0 Å². The van der Waals surface area contributed by atoms with Gasteiger partial charge in [0, 0.05) is 55.6 Å². The molecule has 234 valence electrons. The number of aromatic nitrogens is 1. The Labute approximate surface area is 243 Å². The summed E-state index contributed by atoms with van der Waals surface area (Å²) in [5.74, 6) is -3.30. The van der Waals surface area contributed by atoms with Crippen LogP contribution in [0.5, 0.6) is 0 Å². The van der Waals surface area contributed by atoms with E-state index in [0.717, 1.165) is 12.1 Å². The van der Waals surface area contributed by atoms with Crippen LogP contribution in [-0.4, -0.2) is 49.6 Å². The zero-order chi connectivity index (χ0) is 31.1. The summed E-state index contributed by atoms with van der Waals surface area (Å²) in [5, 5.41) is 2.97. The molecule has 2 aliphatic rings. The number of rotatable bonds is 7. The van der Waals surface area contributed by atoms with E-state index in [1.54, 1.807) is 11.5 Å². The van der Waals surface area contributed by atoms with Crippen LogP contribution in [-0.2, 0) is 27.5 Å². The lowest BCUT2D eigenvalue weighted by atomic mass is 9.86. The Bertz CT molecular complexity index is 1400. The number of alkyl halides is 5. The number of carbonyl (C=O) groups excluding carboxylic acids is 1. The highest BCUT2D eigenvalue weighted by Gasteiger charge is 2.39. The lowest BCUT2D eigenvalue weighted by Crippen LogP contribution is -2.41. The molecule has 0 unspecified atom stereocenters. The van der Waals surface area contributed by atoms with E-state index in [1.807, 2.05) is 0 Å². The Kier molecular flexibility index (Phi) is 9.16. The Morgan fingerprint density at radius 1 is 1.05 bits per heavy atom. The number of hydrogen-bond acceptors (Lipinski definition) is 4. The maximum atomic E-state index is 14.3. The van der Waals surface area contributed by atoms with Crippen molar-refractivity contribution >= 4 is 15.9 Å². The third-order valence-corrected chi connectivity index (χ3v) is 9.57. The minimum Gasteiger partial charge on any atom is -0.381 e. The molecule has 7 nitrogen and oxygen atoms in total. The molecule has 0 radical (unpaired) electrons. The van der Waals surface area contributed by atoms with Crippen molar-refractivity contribution in [3.63, 3.8) is 0 Å². The third kappa shape index (κ3) is 7.71. The van der Waals surface area contributed by atoms with Gasteiger partial charge in [-0.2, -0.15) is 13.2 Å². The predicted octanol–water partition coefficient (Wildman–Crippen LogP) is 6.29. The molecule has 2 N–H and O–H groups in total. The Morgan fingerprint density at radius 2 is 1.67 bits per heavy atom. The molecule has 13 heteroatoms. The van der Waals surface area contributed by atoms with Gasteiger partial charge in [0.1, 0.15) is 0 Å². The summed E-state index contributed by atoms with van der Waals surface area (Å²) < 4.78 is 106. The molecular formula is C29H38F5N3O4S. The summed E-state index contributed by atoms with van der Waals surface area (Å²) in [6.07, 6.45) is -3.84. The monoisotopic (exact) mass is 619 g/mol. The first-order chi connectivity index (χ1) is 19.4. The number of carbonyl (C=O) groups is 1. The van der Waals surface area contributed by atoms with Crippen LogP contribution in [0, 0.1) is 12.8 Å². The van der Waals surface area contributed by atoms with Crippen molar-refractivity contribution in [3.8, 4) is 11.3 Å². The first-order valence-electron chi connectivity index (χ1n) is 14.1. The zero-order valence-electron chi connectivity index (χ0n) is 24.2. The second-order valence-corrected chi connectivity index (χ2v) is 14.0. The van der Waals surface area contributed by atoms with Gasteiger partial charge in [-0.3, -0.25) is 4.79 Å². The van der Waals surface area contributed by atoms with Gasteiger partial charge >= 0.3 is 6.18 Å². The topological polar surface area (TPSA) is 89.4 Å². The van der Waals surface area contributed by atoms with Gasteiger partial charge in [0.15, 0.2) is 0 Å². The molecule has 2 fully saturated rings. The van der Waals surface area contributed by atoms with Gasteiger partial charge in [-0.15, -0.1) is 0 Å². The SMILES string of the molecule is Cc1c(C(=O)NC2CCOCC2)cc(-c2ccc(S(=O)(=O)NC(C)(C)C)c(C(F)(F)F)c2)n1CC1CCC(F)(F)CC1. The van der Waals surface area contributed by atoms with Crippen molar-refractivity contribution in [2.24, 2.45) is 5.92 Å². The number of ether oxygens (including phenoxy) is 1. The van der Waals surface area contributed by atoms with E-state index in [-0.39, 0.29) is 66.9 Å². The first kappa shape index (κ1) is 32.4. The lowest BCUT2D eigenvalue weighted by Gasteiger charge is -2.29. The normalized spacial score (nSPS) is 19.2. The smallest absolute Gasteiger partial charge is 0.381 e. The number of halogens is 5. The highest BCUT2D eigenvalue weighted by Crippen LogP contribution is 2.40. The molecule has 4 rings (SSSR count). The molecule has 1 aromatic carbocycles. The zero-order valence-corrected chi connectivity index (χ0v) is 25.0. The van der Waals surface area contributed by atoms with E-state index < -0.39 is 38.1 Å². The van der Waals surface area contributed by atoms with Crippen LogP contribution in [0.4, 0.5) is 22.0 Å². The minimum absolute atomic E-state index is 0.0615. The van der Waals surface area contributed by atoms with Crippen LogP contribution >= 0.6 is 0 Å². The number of benzene rings is 1. The number of amides is 1. The second kappa shape index (κ2) is 11.9. The molecule has 0 spiro atoms. The number of nitrogens with zero attached hydrogens (tertiary/aromatic N) is 1. The maximum Gasteiger partial charge on any atom is 0.417 e. The van der Waals surface area contributed by atoms with Crippen molar-refractivity contribution in [2.45, 2.75) is 101 Å². The number of hydrogen-bond donors (Lipinski definition) is 2. The summed E-state index contributed by atoms with van der Waals surface area (Å²) in [5.41, 5.74) is -1.27. The molecule has 1 aromatic heterocycles.